The topological polar surface area (TPSA) is 57.0 Å². The summed E-state index contributed by atoms with van der Waals surface area (Å²) in [5, 5.41) is 0. The molecule has 6 heteroatoms. The minimum atomic E-state index is 0.410. The van der Waals surface area contributed by atoms with E-state index in [-0.39, 0.29) is 0 Å². The van der Waals surface area contributed by atoms with Gasteiger partial charge in [-0.1, -0.05) is 12.2 Å². The molecule has 0 aromatic carbocycles. The molecular weight excluding hydrogens is 252 g/mol. The molecule has 0 saturated heterocycles. The lowest BCUT2D eigenvalue weighted by Gasteiger charge is -2.25. The second-order valence-corrected chi connectivity index (χ2v) is 4.77. The molecule has 0 atom stereocenters. The van der Waals surface area contributed by atoms with Crippen molar-refractivity contribution in [3.05, 3.63) is 0 Å². The molecular formula is C12H26N2O3S. The molecule has 0 bridgehead atoms. The molecule has 0 unspecified atom stereocenters. The van der Waals surface area contributed by atoms with Crippen molar-refractivity contribution in [2.45, 2.75) is 19.9 Å². The summed E-state index contributed by atoms with van der Waals surface area (Å²) in [5.74, 6) is 0. The summed E-state index contributed by atoms with van der Waals surface area (Å²) in [4.78, 5) is 2.71. The van der Waals surface area contributed by atoms with Gasteiger partial charge in [0.25, 0.3) is 0 Å². The quantitative estimate of drug-likeness (QED) is 0.418. The molecule has 108 valence electrons. The van der Waals surface area contributed by atoms with Crippen molar-refractivity contribution in [1.29, 1.82) is 0 Å². The van der Waals surface area contributed by atoms with Gasteiger partial charge in [0.2, 0.25) is 0 Å². The molecule has 0 spiro atoms. The summed E-state index contributed by atoms with van der Waals surface area (Å²) in [5.41, 5.74) is 5.55. The predicted octanol–water partition coefficient (Wildman–Crippen LogP) is 0.663. The summed E-state index contributed by atoms with van der Waals surface area (Å²) in [7, 11) is 1.66. The fourth-order valence-electron chi connectivity index (χ4n) is 1.37. The Morgan fingerprint density at radius 3 is 2.17 bits per heavy atom. The summed E-state index contributed by atoms with van der Waals surface area (Å²) in [6, 6.07) is 0.410. The molecule has 0 saturated carbocycles. The molecule has 2 N–H and O–H groups in total. The van der Waals surface area contributed by atoms with Gasteiger partial charge in [0.05, 0.1) is 38.0 Å². The number of nitrogens with zero attached hydrogens (tertiary/aromatic N) is 1. The third-order valence-electron chi connectivity index (χ3n) is 2.42. The Hall–Kier alpha value is -0.270. The fourth-order valence-corrected chi connectivity index (χ4v) is 1.53. The Morgan fingerprint density at radius 1 is 1.11 bits per heavy atom. The molecule has 0 aliphatic carbocycles. The van der Waals surface area contributed by atoms with Crippen LogP contribution in [-0.2, 0) is 14.2 Å². The van der Waals surface area contributed by atoms with Gasteiger partial charge < -0.3 is 19.9 Å². The summed E-state index contributed by atoms with van der Waals surface area (Å²) in [6.45, 7) is 8.79. The van der Waals surface area contributed by atoms with E-state index in [4.69, 9.17) is 32.2 Å². The number of hydrogen-bond donors (Lipinski definition) is 1. The molecule has 0 radical (unpaired) electrons. The highest BCUT2D eigenvalue weighted by molar-refractivity contribution is 7.80. The van der Waals surface area contributed by atoms with Crippen LogP contribution < -0.4 is 5.73 Å². The fraction of sp³-hybridized carbons (Fsp3) is 0.917. The number of ether oxygens (including phenoxy) is 3. The Balaban J connectivity index is 3.46. The minimum absolute atomic E-state index is 0.410. The van der Waals surface area contributed by atoms with E-state index in [0.717, 1.165) is 6.54 Å². The molecule has 0 aliphatic rings. The molecule has 5 nitrogen and oxygen atoms in total. The zero-order chi connectivity index (χ0) is 13.8. The zero-order valence-electron chi connectivity index (χ0n) is 11.7. The third-order valence-corrected chi connectivity index (χ3v) is 2.54. The SMILES string of the molecule is COCCOCCOCCN(CC(N)=S)C(C)C. The van der Waals surface area contributed by atoms with Gasteiger partial charge >= 0.3 is 0 Å². The average molecular weight is 278 g/mol. The number of rotatable bonds is 12. The van der Waals surface area contributed by atoms with Gasteiger partial charge in [-0.2, -0.15) is 0 Å². The van der Waals surface area contributed by atoms with E-state index >= 15 is 0 Å². The van der Waals surface area contributed by atoms with E-state index in [2.05, 4.69) is 18.7 Å². The largest absolute Gasteiger partial charge is 0.392 e. The first-order valence-corrected chi connectivity index (χ1v) is 6.65. The molecule has 0 aromatic rings. The number of thiocarbonyl (C=S) groups is 1. The first-order chi connectivity index (χ1) is 8.57. The van der Waals surface area contributed by atoms with Crippen LogP contribution >= 0.6 is 12.2 Å². The van der Waals surface area contributed by atoms with Gasteiger partial charge in [-0.15, -0.1) is 0 Å². The van der Waals surface area contributed by atoms with Crippen molar-refractivity contribution in [1.82, 2.24) is 4.90 Å². The van der Waals surface area contributed by atoms with Crippen molar-refractivity contribution in [2.75, 3.05) is 53.2 Å². The van der Waals surface area contributed by atoms with Crippen molar-refractivity contribution in [3.8, 4) is 0 Å². The summed E-state index contributed by atoms with van der Waals surface area (Å²) < 4.78 is 15.6. The van der Waals surface area contributed by atoms with Crippen LogP contribution in [0.2, 0.25) is 0 Å². The maximum atomic E-state index is 5.55. The smallest absolute Gasteiger partial charge is 0.0870 e. The lowest BCUT2D eigenvalue weighted by Crippen LogP contribution is -2.39. The van der Waals surface area contributed by atoms with Gasteiger partial charge in [-0.3, -0.25) is 4.90 Å². The van der Waals surface area contributed by atoms with Gasteiger partial charge in [0.15, 0.2) is 0 Å². The van der Waals surface area contributed by atoms with Gasteiger partial charge in [-0.25, -0.2) is 0 Å². The van der Waals surface area contributed by atoms with Crippen LogP contribution in [0.5, 0.6) is 0 Å². The highest BCUT2D eigenvalue weighted by Gasteiger charge is 2.09. The van der Waals surface area contributed by atoms with E-state index in [1.54, 1.807) is 7.11 Å². The molecule has 0 amide bonds. The van der Waals surface area contributed by atoms with E-state index in [0.29, 0.717) is 50.6 Å². The lowest BCUT2D eigenvalue weighted by molar-refractivity contribution is 0.0187. The van der Waals surface area contributed by atoms with Crippen LogP contribution in [0, 0.1) is 0 Å². The van der Waals surface area contributed by atoms with Crippen molar-refractivity contribution >= 4 is 17.2 Å². The average Bonchev–Trinajstić information content (AvgIpc) is 2.30. The van der Waals surface area contributed by atoms with E-state index in [1.165, 1.54) is 0 Å². The first kappa shape index (κ1) is 17.7. The highest BCUT2D eigenvalue weighted by Crippen LogP contribution is 1.97. The summed E-state index contributed by atoms with van der Waals surface area (Å²) in [6.07, 6.45) is 0. The third kappa shape index (κ3) is 10.9. The lowest BCUT2D eigenvalue weighted by atomic mass is 10.3. The maximum absolute atomic E-state index is 5.55. The van der Waals surface area contributed by atoms with Crippen molar-refractivity contribution in [2.24, 2.45) is 5.73 Å². The van der Waals surface area contributed by atoms with Crippen LogP contribution in [-0.4, -0.2) is 69.2 Å². The van der Waals surface area contributed by atoms with Crippen LogP contribution in [0.25, 0.3) is 0 Å². The van der Waals surface area contributed by atoms with Gasteiger partial charge in [0, 0.05) is 26.2 Å². The molecule has 0 rings (SSSR count). The van der Waals surface area contributed by atoms with Crippen LogP contribution in [0.3, 0.4) is 0 Å². The zero-order valence-corrected chi connectivity index (χ0v) is 12.5. The Labute approximate surface area is 116 Å². The standard InChI is InChI=1S/C12H26N2O3S/c1-11(2)14(10-12(13)18)4-5-16-8-9-17-7-6-15-3/h11H,4-10H2,1-3H3,(H2,13,18). The highest BCUT2D eigenvalue weighted by atomic mass is 32.1. The predicted molar refractivity (Wildman–Crippen MR) is 77.0 cm³/mol. The van der Waals surface area contributed by atoms with E-state index < -0.39 is 0 Å². The van der Waals surface area contributed by atoms with E-state index in [9.17, 15) is 0 Å². The number of methoxy groups -OCH3 is 1. The monoisotopic (exact) mass is 278 g/mol. The van der Waals surface area contributed by atoms with Crippen molar-refractivity contribution in [3.63, 3.8) is 0 Å². The van der Waals surface area contributed by atoms with Gasteiger partial charge in [-0.05, 0) is 13.8 Å². The van der Waals surface area contributed by atoms with Crippen LogP contribution in [0.15, 0.2) is 0 Å². The molecule has 0 fully saturated rings. The normalized spacial score (nSPS) is 11.4. The minimum Gasteiger partial charge on any atom is -0.392 e. The number of nitrogens with two attached hydrogens (primary N) is 1. The Kier molecular flexibility index (Phi) is 11.6. The number of hydrogen-bond acceptors (Lipinski definition) is 5. The maximum Gasteiger partial charge on any atom is 0.0870 e. The summed E-state index contributed by atoms with van der Waals surface area (Å²) >= 11 is 4.92. The molecule has 0 aliphatic heterocycles. The van der Waals surface area contributed by atoms with Crippen molar-refractivity contribution < 1.29 is 14.2 Å². The molecule has 0 heterocycles. The van der Waals surface area contributed by atoms with Gasteiger partial charge in [0.1, 0.15) is 0 Å². The molecule has 0 aromatic heterocycles. The second kappa shape index (κ2) is 11.8. The van der Waals surface area contributed by atoms with Crippen LogP contribution in [0.1, 0.15) is 13.8 Å². The van der Waals surface area contributed by atoms with Crippen LogP contribution in [0.4, 0.5) is 0 Å². The first-order valence-electron chi connectivity index (χ1n) is 6.24. The molecule has 18 heavy (non-hydrogen) atoms. The Morgan fingerprint density at radius 2 is 1.67 bits per heavy atom. The van der Waals surface area contributed by atoms with E-state index in [1.807, 2.05) is 0 Å². The Bertz CT molecular complexity index is 215. The second-order valence-electron chi connectivity index (χ2n) is 4.25.